The van der Waals surface area contributed by atoms with Gasteiger partial charge in [0.25, 0.3) is 0 Å². The van der Waals surface area contributed by atoms with Crippen molar-refractivity contribution >= 4 is 17.8 Å². The van der Waals surface area contributed by atoms with Gasteiger partial charge in [0.1, 0.15) is 12.1 Å². The molecule has 1 aromatic rings. The lowest BCUT2D eigenvalue weighted by atomic mass is 9.84. The smallest absolute Gasteiger partial charge is 0.326 e. The monoisotopic (exact) mass is 430 g/mol. The number of nitrogens with zero attached hydrogens (tertiary/aromatic N) is 1. The normalized spacial score (nSPS) is 24.8. The van der Waals surface area contributed by atoms with Crippen molar-refractivity contribution in [3.05, 3.63) is 35.9 Å². The number of carboxylic acid groups (broad SMARTS) is 1. The highest BCUT2D eigenvalue weighted by Gasteiger charge is 2.48. The van der Waals surface area contributed by atoms with Crippen LogP contribution in [0.3, 0.4) is 0 Å². The molecule has 1 amide bonds. The Morgan fingerprint density at radius 3 is 2.58 bits per heavy atom. The first-order valence-electron chi connectivity index (χ1n) is 11.4. The molecule has 1 saturated carbocycles. The Morgan fingerprint density at radius 2 is 1.90 bits per heavy atom. The molecule has 2 N–H and O–H groups in total. The molecule has 0 radical (unpaired) electrons. The van der Waals surface area contributed by atoms with Gasteiger partial charge in [-0.3, -0.25) is 14.9 Å². The molecule has 1 unspecified atom stereocenters. The first kappa shape index (κ1) is 23.3. The minimum atomic E-state index is -0.944. The number of aryl methyl sites for hydroxylation is 1. The van der Waals surface area contributed by atoms with E-state index in [9.17, 15) is 19.5 Å². The lowest BCUT2D eigenvalue weighted by Crippen LogP contribution is -2.55. The lowest BCUT2D eigenvalue weighted by Gasteiger charge is -2.35. The van der Waals surface area contributed by atoms with Crippen molar-refractivity contribution in [1.29, 1.82) is 0 Å². The van der Waals surface area contributed by atoms with Crippen LogP contribution in [0.1, 0.15) is 57.9 Å². The van der Waals surface area contributed by atoms with Crippen molar-refractivity contribution < 1.29 is 24.2 Å². The fourth-order valence-electron chi connectivity index (χ4n) is 5.06. The van der Waals surface area contributed by atoms with Gasteiger partial charge in [-0.1, -0.05) is 43.2 Å². The van der Waals surface area contributed by atoms with Crippen LogP contribution < -0.4 is 5.32 Å². The molecule has 3 rings (SSSR count). The summed E-state index contributed by atoms with van der Waals surface area (Å²) in [6, 6.07) is 7.75. The van der Waals surface area contributed by atoms with Gasteiger partial charge >= 0.3 is 11.9 Å². The van der Waals surface area contributed by atoms with Gasteiger partial charge in [-0.05, 0) is 57.4 Å². The van der Waals surface area contributed by atoms with E-state index in [1.54, 1.807) is 18.7 Å². The Labute approximate surface area is 184 Å². The largest absolute Gasteiger partial charge is 0.480 e. The molecule has 0 spiro atoms. The number of carbonyl (C=O) groups is 3. The number of benzene rings is 1. The SMILES string of the molecule is CCOC(=O)C(CCc1ccccc1)N[C@H](C)C(=O)N1[C@@H]2CCCC[C@@H]2C[C@H]1C(=O)O. The van der Waals surface area contributed by atoms with Crippen molar-refractivity contribution in [2.75, 3.05) is 6.61 Å². The first-order valence-corrected chi connectivity index (χ1v) is 11.4. The van der Waals surface area contributed by atoms with E-state index >= 15 is 0 Å². The fraction of sp³-hybridized carbons (Fsp3) is 0.625. The molecule has 7 heteroatoms. The molecule has 1 aromatic carbocycles. The number of hydrogen-bond acceptors (Lipinski definition) is 5. The zero-order chi connectivity index (χ0) is 22.4. The zero-order valence-electron chi connectivity index (χ0n) is 18.5. The van der Waals surface area contributed by atoms with Crippen LogP contribution in [0.15, 0.2) is 30.3 Å². The summed E-state index contributed by atoms with van der Waals surface area (Å²) in [6.45, 7) is 3.74. The van der Waals surface area contributed by atoms with E-state index < -0.39 is 24.1 Å². The Bertz CT molecular complexity index is 768. The van der Waals surface area contributed by atoms with E-state index in [-0.39, 0.29) is 30.4 Å². The number of carboxylic acids is 1. The first-order chi connectivity index (χ1) is 14.9. The molecule has 5 atom stereocenters. The van der Waals surface area contributed by atoms with E-state index in [1.807, 2.05) is 30.3 Å². The van der Waals surface area contributed by atoms with Gasteiger partial charge in [0.05, 0.1) is 12.6 Å². The maximum atomic E-state index is 13.4. The number of hydrogen-bond donors (Lipinski definition) is 2. The second kappa shape index (κ2) is 10.8. The van der Waals surface area contributed by atoms with Crippen molar-refractivity contribution in [2.45, 2.75) is 83.0 Å². The molecule has 1 heterocycles. The average molecular weight is 431 g/mol. The van der Waals surface area contributed by atoms with Crippen molar-refractivity contribution in [2.24, 2.45) is 5.92 Å². The van der Waals surface area contributed by atoms with Gasteiger partial charge < -0.3 is 14.7 Å². The van der Waals surface area contributed by atoms with E-state index in [1.165, 1.54) is 0 Å². The van der Waals surface area contributed by atoms with Crippen molar-refractivity contribution in [3.63, 3.8) is 0 Å². The molecule has 1 saturated heterocycles. The van der Waals surface area contributed by atoms with Gasteiger partial charge in [0, 0.05) is 6.04 Å². The Kier molecular flexibility index (Phi) is 8.07. The van der Waals surface area contributed by atoms with Crippen LogP contribution in [-0.2, 0) is 25.5 Å². The number of nitrogens with one attached hydrogen (secondary N) is 1. The van der Waals surface area contributed by atoms with Crippen molar-refractivity contribution in [3.8, 4) is 0 Å². The highest BCUT2D eigenvalue weighted by atomic mass is 16.5. The third kappa shape index (κ3) is 5.64. The number of rotatable bonds is 9. The number of esters is 1. The summed E-state index contributed by atoms with van der Waals surface area (Å²) in [6.07, 6.45) is 5.62. The molecule has 0 bridgehead atoms. The minimum Gasteiger partial charge on any atom is -0.480 e. The number of carbonyl (C=O) groups excluding carboxylic acids is 2. The Balaban J connectivity index is 1.70. The van der Waals surface area contributed by atoms with E-state index in [4.69, 9.17) is 4.74 Å². The Morgan fingerprint density at radius 1 is 1.19 bits per heavy atom. The number of aliphatic carboxylic acids is 1. The second-order valence-corrected chi connectivity index (χ2v) is 8.66. The van der Waals surface area contributed by atoms with Gasteiger partial charge in [-0.15, -0.1) is 0 Å². The molecule has 7 nitrogen and oxygen atoms in total. The summed E-state index contributed by atoms with van der Waals surface area (Å²) >= 11 is 0. The summed E-state index contributed by atoms with van der Waals surface area (Å²) < 4.78 is 5.22. The topological polar surface area (TPSA) is 95.9 Å². The molecule has 170 valence electrons. The van der Waals surface area contributed by atoms with Crippen LogP contribution in [0.25, 0.3) is 0 Å². The third-order valence-electron chi connectivity index (χ3n) is 6.58. The summed E-state index contributed by atoms with van der Waals surface area (Å²) in [5, 5.41) is 12.9. The van der Waals surface area contributed by atoms with Crippen LogP contribution in [0.4, 0.5) is 0 Å². The van der Waals surface area contributed by atoms with Gasteiger partial charge in [0.15, 0.2) is 0 Å². The van der Waals surface area contributed by atoms with Gasteiger partial charge in [0.2, 0.25) is 5.91 Å². The summed E-state index contributed by atoms with van der Waals surface area (Å²) in [5.74, 6) is -1.31. The fourth-order valence-corrected chi connectivity index (χ4v) is 5.06. The van der Waals surface area contributed by atoms with Crippen LogP contribution in [0, 0.1) is 5.92 Å². The molecule has 1 aliphatic carbocycles. The number of likely N-dealkylation sites (tertiary alicyclic amines) is 1. The maximum Gasteiger partial charge on any atom is 0.326 e. The third-order valence-corrected chi connectivity index (χ3v) is 6.58. The minimum absolute atomic E-state index is 0.0167. The summed E-state index contributed by atoms with van der Waals surface area (Å²) in [5.41, 5.74) is 1.10. The highest BCUT2D eigenvalue weighted by Crippen LogP contribution is 2.40. The Hall–Kier alpha value is -2.41. The van der Waals surface area contributed by atoms with E-state index in [2.05, 4.69) is 5.32 Å². The van der Waals surface area contributed by atoms with Crippen LogP contribution in [-0.4, -0.2) is 58.6 Å². The zero-order valence-corrected chi connectivity index (χ0v) is 18.5. The molecule has 1 aliphatic heterocycles. The second-order valence-electron chi connectivity index (χ2n) is 8.66. The molecule has 2 aliphatic rings. The molecular formula is C24H34N2O5. The standard InChI is InChI=1S/C24H34N2O5/c1-3-31-24(30)19(14-13-17-9-5-4-6-10-17)25-16(2)22(27)26-20-12-8-7-11-18(20)15-21(26)23(28)29/h4-6,9-10,16,18-21,25H,3,7-8,11-15H2,1-2H3,(H,28,29)/t16-,18-,19?,20-,21+/m1/s1. The number of amides is 1. The van der Waals surface area contributed by atoms with Crippen LogP contribution in [0.2, 0.25) is 0 Å². The average Bonchev–Trinajstić information content (AvgIpc) is 3.16. The molecule has 2 fully saturated rings. The molecular weight excluding hydrogens is 396 g/mol. The van der Waals surface area contributed by atoms with E-state index in [0.29, 0.717) is 19.3 Å². The highest BCUT2D eigenvalue weighted by molar-refractivity contribution is 5.88. The quantitative estimate of drug-likeness (QED) is 0.585. The van der Waals surface area contributed by atoms with Crippen molar-refractivity contribution in [1.82, 2.24) is 10.2 Å². The van der Waals surface area contributed by atoms with Gasteiger partial charge in [-0.2, -0.15) is 0 Å². The van der Waals surface area contributed by atoms with Crippen LogP contribution in [0.5, 0.6) is 0 Å². The molecule has 0 aromatic heterocycles. The number of ether oxygens (including phenoxy) is 1. The molecule has 31 heavy (non-hydrogen) atoms. The predicted molar refractivity (Wildman–Crippen MR) is 116 cm³/mol. The summed E-state index contributed by atoms with van der Waals surface area (Å²) in [7, 11) is 0. The van der Waals surface area contributed by atoms with Gasteiger partial charge in [-0.25, -0.2) is 4.79 Å². The lowest BCUT2D eigenvalue weighted by molar-refractivity contribution is -0.152. The summed E-state index contributed by atoms with van der Waals surface area (Å²) in [4.78, 5) is 39.3. The maximum absolute atomic E-state index is 13.4. The predicted octanol–water partition coefficient (Wildman–Crippen LogP) is 2.77. The number of fused-ring (bicyclic) bond motifs is 1. The van der Waals surface area contributed by atoms with E-state index in [0.717, 1.165) is 31.2 Å². The van der Waals surface area contributed by atoms with Crippen LogP contribution >= 0.6 is 0 Å².